The van der Waals surface area contributed by atoms with Crippen LogP contribution in [0.5, 0.6) is 11.6 Å². The van der Waals surface area contributed by atoms with Crippen LogP contribution >= 0.6 is 11.6 Å². The lowest BCUT2D eigenvalue weighted by Crippen LogP contribution is -2.22. The van der Waals surface area contributed by atoms with Crippen molar-refractivity contribution in [3.8, 4) is 17.3 Å². The average molecular weight is 555 g/mol. The van der Waals surface area contributed by atoms with E-state index in [1.54, 1.807) is 29.0 Å². The van der Waals surface area contributed by atoms with E-state index in [-0.39, 0.29) is 17.2 Å². The fraction of sp³-hybridized carbons (Fsp3) is 0.212. The van der Waals surface area contributed by atoms with Gasteiger partial charge in [-0.25, -0.2) is 4.79 Å². The number of aliphatic imine (C=N–C) groups is 1. The van der Waals surface area contributed by atoms with Gasteiger partial charge in [-0.15, -0.1) is 11.6 Å². The zero-order valence-electron chi connectivity index (χ0n) is 22.4. The third-order valence-corrected chi connectivity index (χ3v) is 7.47. The summed E-state index contributed by atoms with van der Waals surface area (Å²) in [5.74, 6) is -1.02. The normalized spacial score (nSPS) is 16.4. The Labute approximate surface area is 238 Å². The predicted octanol–water partition coefficient (Wildman–Crippen LogP) is 7.39. The Morgan fingerprint density at radius 3 is 2.62 bits per heavy atom. The van der Waals surface area contributed by atoms with Crippen LogP contribution in [-0.2, 0) is 19.3 Å². The SMILES string of the molecule is Cc1cccc(CCCc2cccc(N=Cc3c4c(n(-c5cccc(C(=O)O)c5)c3O)CC(C)(Cl)C=C4)c2O)c1. The Balaban J connectivity index is 1.46. The first-order chi connectivity index (χ1) is 19.1. The van der Waals surface area contributed by atoms with Crippen LogP contribution in [0.15, 0.2) is 77.8 Å². The number of hydrogen-bond acceptors (Lipinski definition) is 4. The molecule has 3 aromatic carbocycles. The molecule has 1 aromatic heterocycles. The molecule has 1 aliphatic carbocycles. The maximum Gasteiger partial charge on any atom is 0.335 e. The largest absolute Gasteiger partial charge is 0.505 e. The van der Waals surface area contributed by atoms with Crippen LogP contribution in [0.2, 0.25) is 0 Å². The Bertz CT molecular complexity index is 1650. The molecule has 1 heterocycles. The zero-order chi connectivity index (χ0) is 28.4. The van der Waals surface area contributed by atoms with Crippen molar-refractivity contribution < 1.29 is 20.1 Å². The number of aromatic nitrogens is 1. The van der Waals surface area contributed by atoms with Crippen molar-refractivity contribution in [1.29, 1.82) is 0 Å². The number of carboxylic acids is 1. The van der Waals surface area contributed by atoms with Crippen LogP contribution in [0.3, 0.4) is 0 Å². The first-order valence-electron chi connectivity index (χ1n) is 13.2. The lowest BCUT2D eigenvalue weighted by Gasteiger charge is -2.23. The Morgan fingerprint density at radius 2 is 1.85 bits per heavy atom. The van der Waals surface area contributed by atoms with Crippen LogP contribution in [0.4, 0.5) is 5.69 Å². The van der Waals surface area contributed by atoms with Gasteiger partial charge in [0.1, 0.15) is 11.4 Å². The number of aromatic hydroxyl groups is 2. The van der Waals surface area contributed by atoms with Gasteiger partial charge >= 0.3 is 5.97 Å². The Morgan fingerprint density at radius 1 is 1.07 bits per heavy atom. The predicted molar refractivity (Wildman–Crippen MR) is 160 cm³/mol. The number of halogens is 1. The second-order valence-corrected chi connectivity index (χ2v) is 11.3. The third-order valence-electron chi connectivity index (χ3n) is 7.21. The molecule has 6 nitrogen and oxygen atoms in total. The van der Waals surface area contributed by atoms with Gasteiger partial charge in [0.25, 0.3) is 0 Å². The van der Waals surface area contributed by atoms with Crippen molar-refractivity contribution in [3.63, 3.8) is 0 Å². The molecule has 1 atom stereocenters. The quantitative estimate of drug-likeness (QED) is 0.156. The highest BCUT2D eigenvalue weighted by molar-refractivity contribution is 6.25. The van der Waals surface area contributed by atoms with Gasteiger partial charge in [-0.05, 0) is 68.5 Å². The summed E-state index contributed by atoms with van der Waals surface area (Å²) >= 11 is 6.66. The fourth-order valence-corrected chi connectivity index (χ4v) is 5.39. The maximum atomic E-state index is 11.6. The highest BCUT2D eigenvalue weighted by atomic mass is 35.5. The minimum absolute atomic E-state index is 0.0795. The molecule has 1 aliphatic rings. The van der Waals surface area contributed by atoms with Gasteiger partial charge < -0.3 is 15.3 Å². The van der Waals surface area contributed by atoms with Crippen LogP contribution in [0.1, 0.15) is 57.2 Å². The smallest absolute Gasteiger partial charge is 0.335 e. The molecular formula is C33H31ClN2O4. The lowest BCUT2D eigenvalue weighted by atomic mass is 9.93. The van der Waals surface area contributed by atoms with E-state index in [1.165, 1.54) is 23.3 Å². The zero-order valence-corrected chi connectivity index (χ0v) is 23.2. The molecule has 0 aliphatic heterocycles. The van der Waals surface area contributed by atoms with Gasteiger partial charge in [-0.1, -0.05) is 60.2 Å². The van der Waals surface area contributed by atoms with E-state index in [0.29, 0.717) is 29.8 Å². The van der Waals surface area contributed by atoms with Gasteiger partial charge in [-0.3, -0.25) is 9.56 Å². The standard InChI is InChI=1S/C33H31ClN2O4/c1-21-7-3-8-22(17-21)9-4-10-23-11-6-14-28(30(23)37)35-20-27-26-15-16-33(2,34)19-29(26)36(31(27)38)25-13-5-12-24(18-25)32(39)40/h3,5-8,11-18,20,37-38H,4,9-10,19H2,1-2H3,(H,39,40). The van der Waals surface area contributed by atoms with Crippen LogP contribution in [0.25, 0.3) is 11.8 Å². The summed E-state index contributed by atoms with van der Waals surface area (Å²) in [6, 6.07) is 20.3. The molecule has 204 valence electrons. The van der Waals surface area contributed by atoms with E-state index in [0.717, 1.165) is 29.7 Å². The number of fused-ring (bicyclic) bond motifs is 1. The van der Waals surface area contributed by atoms with E-state index in [2.05, 4.69) is 36.2 Å². The second-order valence-electron chi connectivity index (χ2n) is 10.5. The molecule has 7 heteroatoms. The van der Waals surface area contributed by atoms with E-state index in [9.17, 15) is 20.1 Å². The molecule has 0 amide bonds. The molecule has 4 aromatic rings. The Kier molecular flexibility index (Phi) is 7.55. The summed E-state index contributed by atoms with van der Waals surface area (Å²) in [6.07, 6.45) is 8.19. The average Bonchev–Trinajstić information content (AvgIpc) is 3.18. The molecule has 0 spiro atoms. The number of allylic oxidation sites excluding steroid dienone is 1. The molecule has 0 bridgehead atoms. The minimum Gasteiger partial charge on any atom is -0.505 e. The van der Waals surface area contributed by atoms with Crippen molar-refractivity contribution >= 4 is 35.5 Å². The lowest BCUT2D eigenvalue weighted by molar-refractivity contribution is 0.0696. The van der Waals surface area contributed by atoms with E-state index < -0.39 is 10.8 Å². The van der Waals surface area contributed by atoms with Crippen molar-refractivity contribution in [2.45, 2.75) is 44.4 Å². The highest BCUT2D eigenvalue weighted by Gasteiger charge is 2.31. The number of para-hydroxylation sites is 1. The molecule has 5 rings (SSSR count). The number of benzene rings is 3. The third kappa shape index (κ3) is 5.68. The number of carbonyl (C=O) groups is 1. The maximum absolute atomic E-state index is 11.6. The number of alkyl halides is 1. The fourth-order valence-electron chi connectivity index (χ4n) is 5.20. The summed E-state index contributed by atoms with van der Waals surface area (Å²) in [6.45, 7) is 3.96. The van der Waals surface area contributed by atoms with E-state index in [1.807, 2.05) is 31.2 Å². The molecule has 0 radical (unpaired) electrons. The van der Waals surface area contributed by atoms with E-state index in [4.69, 9.17) is 11.6 Å². The summed E-state index contributed by atoms with van der Waals surface area (Å²) in [5, 5.41) is 31.8. The van der Waals surface area contributed by atoms with Gasteiger partial charge in [-0.2, -0.15) is 0 Å². The number of phenolic OH excluding ortho intramolecular Hbond substituents is 1. The number of aromatic carboxylic acids is 1. The van der Waals surface area contributed by atoms with Crippen molar-refractivity contribution in [1.82, 2.24) is 4.57 Å². The van der Waals surface area contributed by atoms with Crippen molar-refractivity contribution in [3.05, 3.63) is 112 Å². The number of rotatable bonds is 8. The molecule has 3 N–H and O–H groups in total. The van der Waals surface area contributed by atoms with E-state index >= 15 is 0 Å². The molecule has 40 heavy (non-hydrogen) atoms. The van der Waals surface area contributed by atoms with Crippen molar-refractivity contribution in [2.75, 3.05) is 0 Å². The summed E-state index contributed by atoms with van der Waals surface area (Å²) in [7, 11) is 0. The molecule has 0 saturated carbocycles. The van der Waals surface area contributed by atoms with Gasteiger partial charge in [0.05, 0.1) is 16.0 Å². The number of aryl methyl sites for hydroxylation is 3. The van der Waals surface area contributed by atoms with Crippen LogP contribution in [-0.4, -0.2) is 36.9 Å². The van der Waals surface area contributed by atoms with Gasteiger partial charge in [0.15, 0.2) is 0 Å². The van der Waals surface area contributed by atoms with Crippen LogP contribution in [0, 0.1) is 6.92 Å². The summed E-state index contributed by atoms with van der Waals surface area (Å²) < 4.78 is 1.62. The summed E-state index contributed by atoms with van der Waals surface area (Å²) in [4.78, 5) is 15.5. The number of carboxylic acid groups (broad SMARTS) is 1. The Hall–Kier alpha value is -4.29. The van der Waals surface area contributed by atoms with Crippen molar-refractivity contribution in [2.24, 2.45) is 4.99 Å². The summed E-state index contributed by atoms with van der Waals surface area (Å²) in [5.41, 5.74) is 6.30. The van der Waals surface area contributed by atoms with Gasteiger partial charge in [0, 0.05) is 29.6 Å². The highest BCUT2D eigenvalue weighted by Crippen LogP contribution is 2.40. The number of nitrogens with zero attached hydrogens (tertiary/aromatic N) is 2. The number of phenols is 1. The first-order valence-corrected chi connectivity index (χ1v) is 13.6. The second kappa shape index (κ2) is 11.1. The number of hydrogen-bond donors (Lipinski definition) is 3. The molecular weight excluding hydrogens is 524 g/mol. The molecule has 0 fully saturated rings. The minimum atomic E-state index is -1.06. The topological polar surface area (TPSA) is 95.1 Å². The first kappa shape index (κ1) is 27.3. The molecule has 0 saturated heterocycles. The van der Waals surface area contributed by atoms with Gasteiger partial charge in [0.2, 0.25) is 5.88 Å². The molecule has 1 unspecified atom stereocenters. The monoisotopic (exact) mass is 554 g/mol. The van der Waals surface area contributed by atoms with Crippen LogP contribution < -0.4 is 0 Å².